The topological polar surface area (TPSA) is 0 Å². The van der Waals surface area contributed by atoms with Gasteiger partial charge in [-0.05, 0) is 6.42 Å². The molecule has 0 heterocycles. The second kappa shape index (κ2) is 17.3. The molecule has 0 amide bonds. The summed E-state index contributed by atoms with van der Waals surface area (Å²) < 4.78 is 9.31. The van der Waals surface area contributed by atoms with E-state index in [1.807, 2.05) is 6.92 Å². The van der Waals surface area contributed by atoms with Gasteiger partial charge in [-0.2, -0.15) is 3.56 Å². The van der Waals surface area contributed by atoms with Crippen LogP contribution in [0.2, 0.25) is 0 Å². The highest BCUT2D eigenvalue weighted by Gasteiger charge is 1.59. The highest BCUT2D eigenvalue weighted by molar-refractivity contribution is 9.05. The molecule has 0 aromatic rings. The van der Waals surface area contributed by atoms with Crippen LogP contribution in [0.3, 0.4) is 0 Å². The van der Waals surface area contributed by atoms with Crippen LogP contribution in [0, 0.1) is 0 Å². The third-order valence-corrected chi connectivity index (χ3v) is 0.567. The van der Waals surface area contributed by atoms with Gasteiger partial charge < -0.3 is 0 Å². The highest BCUT2D eigenvalue weighted by Crippen LogP contribution is 1.75. The third-order valence-electron chi connectivity index (χ3n) is 0.189. The molecule has 0 aromatic carbocycles. The molecule has 0 bridgehead atoms. The summed E-state index contributed by atoms with van der Waals surface area (Å²) in [4.78, 5) is 0. The molecule has 0 fully saturated rings. The molecular formula is C3H7BrClF. The van der Waals surface area contributed by atoms with Gasteiger partial charge in [-0.3, -0.25) is 0 Å². The summed E-state index contributed by atoms with van der Waals surface area (Å²) in [6, 6.07) is 0. The first kappa shape index (κ1) is 9.85. The Morgan fingerprint density at radius 1 is 1.67 bits per heavy atom. The minimum absolute atomic E-state index is 0.792. The molecule has 0 atom stereocenters. The molecule has 0 unspecified atom stereocenters. The molecule has 0 saturated heterocycles. The first-order valence-electron chi connectivity index (χ1n) is 1.62. The molecule has 0 saturated carbocycles. The van der Waals surface area contributed by atoms with E-state index in [0.717, 1.165) is 12.3 Å². The summed E-state index contributed by atoms with van der Waals surface area (Å²) in [6.07, 6.45) is 1.08. The lowest BCUT2D eigenvalue weighted by Gasteiger charge is -1.65. The molecule has 0 aromatic heterocycles. The highest BCUT2D eigenvalue weighted by atomic mass is 79.9. The predicted octanol–water partition coefficient (Wildman–Crippen LogP) is 2.90. The normalized spacial score (nSPS) is 6.00. The van der Waals surface area contributed by atoms with Crippen molar-refractivity contribution in [1.29, 1.82) is 0 Å². The van der Waals surface area contributed by atoms with E-state index in [9.17, 15) is 3.56 Å². The second-order valence-corrected chi connectivity index (χ2v) is 1.07. The van der Waals surface area contributed by atoms with Gasteiger partial charge in [0, 0.05) is 5.88 Å². The lowest BCUT2D eigenvalue weighted by molar-refractivity contribution is 0.982. The van der Waals surface area contributed by atoms with Crippen molar-refractivity contribution >= 4 is 28.0 Å². The average molecular weight is 177 g/mol. The van der Waals surface area contributed by atoms with Gasteiger partial charge in [-0.25, -0.2) is 0 Å². The van der Waals surface area contributed by atoms with Crippen LogP contribution in [0.1, 0.15) is 13.3 Å². The Hall–Kier alpha value is 0.700. The average Bonchev–Trinajstić information content (AvgIpc) is 1.72. The van der Waals surface area contributed by atoms with E-state index in [1.54, 1.807) is 0 Å². The summed E-state index contributed by atoms with van der Waals surface area (Å²) in [7, 11) is 0. The number of halogens is 3. The molecule has 0 aliphatic carbocycles. The standard InChI is InChI=1S/C3H7Cl.BrF/c1-2-3-4;1-2/h2-3H2,1H3;. The molecular weight excluding hydrogens is 170 g/mol. The van der Waals surface area contributed by atoms with Gasteiger partial charge in [-0.15, -0.1) is 11.6 Å². The molecule has 0 nitrogen and oxygen atoms in total. The van der Waals surface area contributed by atoms with Gasteiger partial charge in [0.15, 0.2) is 16.4 Å². The van der Waals surface area contributed by atoms with E-state index in [-0.39, 0.29) is 0 Å². The van der Waals surface area contributed by atoms with Gasteiger partial charge in [0.2, 0.25) is 0 Å². The summed E-state index contributed by atoms with van der Waals surface area (Å²) in [5, 5.41) is 0. The number of alkyl halides is 1. The van der Waals surface area contributed by atoms with Crippen molar-refractivity contribution in [2.24, 2.45) is 0 Å². The maximum absolute atomic E-state index is 9.31. The Morgan fingerprint density at radius 3 is 1.83 bits per heavy atom. The van der Waals surface area contributed by atoms with E-state index < -0.39 is 0 Å². The van der Waals surface area contributed by atoms with Crippen LogP contribution in [0.25, 0.3) is 0 Å². The quantitative estimate of drug-likeness (QED) is 0.540. The Balaban J connectivity index is 0. The number of rotatable bonds is 1. The van der Waals surface area contributed by atoms with Crippen molar-refractivity contribution in [2.75, 3.05) is 5.88 Å². The molecule has 0 radical (unpaired) electrons. The van der Waals surface area contributed by atoms with E-state index in [4.69, 9.17) is 11.6 Å². The predicted molar refractivity (Wildman–Crippen MR) is 31.0 cm³/mol. The van der Waals surface area contributed by atoms with E-state index in [1.165, 1.54) is 16.4 Å². The zero-order valence-corrected chi connectivity index (χ0v) is 5.89. The van der Waals surface area contributed by atoms with Gasteiger partial charge in [0.25, 0.3) is 0 Å². The fourth-order valence-electron chi connectivity index (χ4n) is 0. The summed E-state index contributed by atoms with van der Waals surface area (Å²) >= 11 is 6.62. The first-order chi connectivity index (χ1) is 2.91. The van der Waals surface area contributed by atoms with Crippen LogP contribution in [0.4, 0.5) is 3.56 Å². The summed E-state index contributed by atoms with van der Waals surface area (Å²) in [6.45, 7) is 2.05. The summed E-state index contributed by atoms with van der Waals surface area (Å²) in [5.74, 6) is 0.792. The fraction of sp³-hybridized carbons (Fsp3) is 1.00. The smallest absolute Gasteiger partial charge is 0.158 e. The van der Waals surface area contributed by atoms with Gasteiger partial charge in [0.05, 0.1) is 0 Å². The Labute approximate surface area is 51.3 Å². The summed E-state index contributed by atoms with van der Waals surface area (Å²) in [5.41, 5.74) is 0. The van der Waals surface area contributed by atoms with Crippen LogP contribution in [0.5, 0.6) is 0 Å². The van der Waals surface area contributed by atoms with Crippen LogP contribution in [-0.4, -0.2) is 5.88 Å². The molecule has 0 rings (SSSR count). The lowest BCUT2D eigenvalue weighted by Crippen LogP contribution is -1.55. The van der Waals surface area contributed by atoms with Crippen LogP contribution < -0.4 is 0 Å². The molecule has 3 heteroatoms. The lowest BCUT2D eigenvalue weighted by atomic mass is 10.6. The minimum atomic E-state index is 0.792. The van der Waals surface area contributed by atoms with Crippen LogP contribution in [-0.2, 0) is 0 Å². The Morgan fingerprint density at radius 2 is 1.83 bits per heavy atom. The van der Waals surface area contributed by atoms with Crippen LogP contribution in [0.15, 0.2) is 0 Å². The zero-order chi connectivity index (χ0) is 5.41. The maximum atomic E-state index is 9.31. The minimum Gasteiger partial charge on any atom is -0.158 e. The van der Waals surface area contributed by atoms with Gasteiger partial charge in [-0.1, -0.05) is 6.92 Å². The van der Waals surface area contributed by atoms with Crippen molar-refractivity contribution in [3.63, 3.8) is 0 Å². The van der Waals surface area contributed by atoms with Gasteiger partial charge in [0.1, 0.15) is 0 Å². The first-order valence-corrected chi connectivity index (χ1v) is 2.75. The molecule has 6 heavy (non-hydrogen) atoms. The molecule has 40 valence electrons. The van der Waals surface area contributed by atoms with Crippen molar-refractivity contribution in [2.45, 2.75) is 13.3 Å². The molecule has 0 aliphatic heterocycles. The second-order valence-electron chi connectivity index (χ2n) is 0.689. The van der Waals surface area contributed by atoms with Gasteiger partial charge >= 0.3 is 0 Å². The van der Waals surface area contributed by atoms with E-state index >= 15 is 0 Å². The van der Waals surface area contributed by atoms with Crippen molar-refractivity contribution < 1.29 is 3.56 Å². The fourth-order valence-corrected chi connectivity index (χ4v) is 0. The largest absolute Gasteiger partial charge is 0.158 e. The Bertz CT molecular complexity index is 12.8. The zero-order valence-electron chi connectivity index (χ0n) is 3.55. The maximum Gasteiger partial charge on any atom is 0.158 e. The van der Waals surface area contributed by atoms with Crippen molar-refractivity contribution in [3.05, 3.63) is 0 Å². The molecule has 0 spiro atoms. The number of hydrogen-bond acceptors (Lipinski definition) is 0. The van der Waals surface area contributed by atoms with Crippen LogP contribution >= 0.6 is 28.0 Å². The van der Waals surface area contributed by atoms with E-state index in [2.05, 4.69) is 0 Å². The SMILES string of the molecule is CCCCl.FBr. The van der Waals surface area contributed by atoms with E-state index in [0.29, 0.717) is 0 Å². The molecule has 0 N–H and O–H groups in total. The van der Waals surface area contributed by atoms with Crippen molar-refractivity contribution in [1.82, 2.24) is 0 Å². The molecule has 0 aliphatic rings. The third kappa shape index (κ3) is 22.3. The van der Waals surface area contributed by atoms with Crippen molar-refractivity contribution in [3.8, 4) is 0 Å². The Kier molecular flexibility index (Phi) is 28.4. The number of hydrogen-bond donors (Lipinski definition) is 0. The monoisotopic (exact) mass is 176 g/mol.